The molecule has 2 aliphatic heterocycles. The Hall–Kier alpha value is -2.09. The van der Waals surface area contributed by atoms with Crippen LogP contribution in [0.15, 0.2) is 36.4 Å². The molecular formula is C30H39Cl2F6N3O3. The molecule has 248 valence electrons. The smallest absolute Gasteiger partial charge is 0.383 e. The molecule has 2 aromatic carbocycles. The number of rotatable bonds is 8. The molecule has 0 bridgehead atoms. The standard InChI is InChI=1S/C30H37F6N3O3.2ClH/c1-20-4-5-22(12-21(20)2)13-26-17-37(6-8-38-10-11-42-19-27(38)18-41-3)7-9-39(26)28(40)23-14-24(29(31,32)33)16-25(15-23)30(34,35)36;;/h4-5,12,14-16,26-27H,6-11,13,17-19H2,1-3H3;2*1H/t26-,27-;;/m1../s1. The van der Waals surface area contributed by atoms with Gasteiger partial charge in [0.15, 0.2) is 0 Å². The molecule has 2 heterocycles. The molecule has 2 saturated heterocycles. The normalized spacial score (nSPS) is 20.2. The second-order valence-corrected chi connectivity index (χ2v) is 11.1. The highest BCUT2D eigenvalue weighted by molar-refractivity contribution is 5.95. The van der Waals surface area contributed by atoms with Crippen molar-refractivity contribution < 1.29 is 40.6 Å². The second kappa shape index (κ2) is 16.0. The summed E-state index contributed by atoms with van der Waals surface area (Å²) in [5, 5.41) is 0. The minimum Gasteiger partial charge on any atom is -0.383 e. The van der Waals surface area contributed by atoms with Gasteiger partial charge in [0, 0.05) is 58.0 Å². The number of alkyl halides is 6. The average molecular weight is 675 g/mol. The van der Waals surface area contributed by atoms with E-state index in [0.717, 1.165) is 29.8 Å². The molecule has 6 nitrogen and oxygen atoms in total. The summed E-state index contributed by atoms with van der Waals surface area (Å²) >= 11 is 0. The predicted molar refractivity (Wildman–Crippen MR) is 160 cm³/mol. The van der Waals surface area contributed by atoms with Crippen LogP contribution in [0.2, 0.25) is 0 Å². The topological polar surface area (TPSA) is 45.3 Å². The fourth-order valence-corrected chi connectivity index (χ4v) is 5.61. The van der Waals surface area contributed by atoms with Gasteiger partial charge in [-0.2, -0.15) is 26.3 Å². The number of ether oxygens (including phenoxy) is 2. The van der Waals surface area contributed by atoms with Crippen LogP contribution in [-0.2, 0) is 28.2 Å². The number of hydrogen-bond acceptors (Lipinski definition) is 5. The van der Waals surface area contributed by atoms with Gasteiger partial charge in [-0.25, -0.2) is 0 Å². The van der Waals surface area contributed by atoms with E-state index >= 15 is 0 Å². The summed E-state index contributed by atoms with van der Waals surface area (Å²) in [6.45, 7) is 8.92. The molecule has 1 amide bonds. The SMILES string of the molecule is COC[C@@H]1COCCN1CCN1CCN(C(=O)c2cc(C(F)(F)F)cc(C(F)(F)F)c2)[C@H](Cc2ccc(C)c(C)c2)C1.Cl.Cl. The number of hydrogen-bond donors (Lipinski definition) is 0. The highest BCUT2D eigenvalue weighted by Gasteiger charge is 2.39. The van der Waals surface area contributed by atoms with Gasteiger partial charge in [0.05, 0.1) is 37.0 Å². The molecule has 2 aliphatic rings. The van der Waals surface area contributed by atoms with E-state index in [0.29, 0.717) is 58.0 Å². The number of morpholine rings is 1. The van der Waals surface area contributed by atoms with Crippen molar-refractivity contribution in [1.82, 2.24) is 14.7 Å². The molecule has 2 aromatic rings. The van der Waals surface area contributed by atoms with E-state index < -0.39 is 41.0 Å². The first-order valence-electron chi connectivity index (χ1n) is 14.0. The third kappa shape index (κ3) is 9.70. The Kier molecular flexibility index (Phi) is 13.8. The lowest BCUT2D eigenvalue weighted by molar-refractivity contribution is -0.143. The Balaban J connectivity index is 0.00000337. The third-order valence-corrected chi connectivity index (χ3v) is 8.12. The lowest BCUT2D eigenvalue weighted by Crippen LogP contribution is -2.58. The van der Waals surface area contributed by atoms with Gasteiger partial charge < -0.3 is 14.4 Å². The van der Waals surface area contributed by atoms with Crippen LogP contribution >= 0.6 is 24.8 Å². The van der Waals surface area contributed by atoms with Gasteiger partial charge in [-0.15, -0.1) is 24.8 Å². The summed E-state index contributed by atoms with van der Waals surface area (Å²) in [5.41, 5.74) is -0.524. The van der Waals surface area contributed by atoms with Crippen LogP contribution in [0.1, 0.15) is 38.2 Å². The van der Waals surface area contributed by atoms with Gasteiger partial charge in [0.1, 0.15) is 0 Å². The van der Waals surface area contributed by atoms with E-state index in [1.54, 1.807) is 7.11 Å². The Morgan fingerprint density at radius 3 is 2.14 bits per heavy atom. The van der Waals surface area contributed by atoms with Gasteiger partial charge in [0.2, 0.25) is 0 Å². The quantitative estimate of drug-likeness (QED) is 0.327. The van der Waals surface area contributed by atoms with Crippen LogP contribution in [0.4, 0.5) is 26.3 Å². The molecule has 44 heavy (non-hydrogen) atoms. The van der Waals surface area contributed by atoms with Crippen LogP contribution in [-0.4, -0.2) is 98.9 Å². The summed E-state index contributed by atoms with van der Waals surface area (Å²) in [6, 6.07) is 6.68. The first kappa shape index (κ1) is 38.1. The van der Waals surface area contributed by atoms with Crippen molar-refractivity contribution in [3.8, 4) is 0 Å². The van der Waals surface area contributed by atoms with Crippen molar-refractivity contribution in [3.63, 3.8) is 0 Å². The molecule has 0 saturated carbocycles. The van der Waals surface area contributed by atoms with Crippen LogP contribution in [0.5, 0.6) is 0 Å². The Morgan fingerprint density at radius 1 is 0.886 bits per heavy atom. The monoisotopic (exact) mass is 673 g/mol. The highest BCUT2D eigenvalue weighted by atomic mass is 35.5. The van der Waals surface area contributed by atoms with E-state index in [1.165, 1.54) is 4.90 Å². The van der Waals surface area contributed by atoms with Crippen LogP contribution in [0, 0.1) is 13.8 Å². The molecule has 2 atom stereocenters. The molecule has 0 unspecified atom stereocenters. The van der Waals surface area contributed by atoms with E-state index in [1.807, 2.05) is 32.0 Å². The molecule has 0 N–H and O–H groups in total. The summed E-state index contributed by atoms with van der Waals surface area (Å²) in [5.74, 6) is -0.839. The summed E-state index contributed by atoms with van der Waals surface area (Å²) in [4.78, 5) is 19.6. The molecular weight excluding hydrogens is 635 g/mol. The number of piperazine rings is 1. The van der Waals surface area contributed by atoms with E-state index in [2.05, 4.69) is 9.80 Å². The molecule has 0 aromatic heterocycles. The van der Waals surface area contributed by atoms with Crippen molar-refractivity contribution >= 4 is 30.7 Å². The van der Waals surface area contributed by atoms with E-state index in [9.17, 15) is 31.1 Å². The number of methoxy groups -OCH3 is 1. The molecule has 0 radical (unpaired) electrons. The minimum absolute atomic E-state index is 0. The molecule has 0 aliphatic carbocycles. The predicted octanol–water partition coefficient (Wildman–Crippen LogP) is 5.90. The van der Waals surface area contributed by atoms with Gasteiger partial charge in [-0.05, 0) is 55.2 Å². The molecule has 4 rings (SSSR count). The Morgan fingerprint density at radius 2 is 1.55 bits per heavy atom. The number of amides is 1. The lowest BCUT2D eigenvalue weighted by Gasteiger charge is -2.43. The van der Waals surface area contributed by atoms with Gasteiger partial charge in [-0.1, -0.05) is 18.2 Å². The number of aryl methyl sites for hydroxylation is 2. The van der Waals surface area contributed by atoms with Gasteiger partial charge in [-0.3, -0.25) is 14.6 Å². The average Bonchev–Trinajstić information content (AvgIpc) is 2.93. The molecule has 14 heteroatoms. The Labute approximate surface area is 266 Å². The van der Waals surface area contributed by atoms with Crippen LogP contribution in [0.3, 0.4) is 0 Å². The molecule has 0 spiro atoms. The van der Waals surface area contributed by atoms with Crippen molar-refractivity contribution in [2.45, 2.75) is 44.7 Å². The number of carbonyl (C=O) groups excluding carboxylic acids is 1. The van der Waals surface area contributed by atoms with Crippen molar-refractivity contribution in [1.29, 1.82) is 0 Å². The zero-order valence-electron chi connectivity index (χ0n) is 24.8. The lowest BCUT2D eigenvalue weighted by atomic mass is 9.97. The summed E-state index contributed by atoms with van der Waals surface area (Å²) in [7, 11) is 1.64. The molecule has 2 fully saturated rings. The summed E-state index contributed by atoms with van der Waals surface area (Å²) < 4.78 is 92.0. The maximum Gasteiger partial charge on any atom is 0.416 e. The van der Waals surface area contributed by atoms with E-state index in [4.69, 9.17) is 9.47 Å². The highest BCUT2D eigenvalue weighted by Crippen LogP contribution is 2.37. The van der Waals surface area contributed by atoms with Gasteiger partial charge in [0.25, 0.3) is 5.91 Å². The Bertz CT molecular complexity index is 1210. The van der Waals surface area contributed by atoms with Crippen molar-refractivity contribution in [2.24, 2.45) is 0 Å². The number of carbonyl (C=O) groups is 1. The zero-order chi connectivity index (χ0) is 30.7. The zero-order valence-corrected chi connectivity index (χ0v) is 26.5. The summed E-state index contributed by atoms with van der Waals surface area (Å²) in [6.07, 6.45) is -9.65. The number of halogens is 8. The first-order valence-corrected chi connectivity index (χ1v) is 14.0. The fourth-order valence-electron chi connectivity index (χ4n) is 5.61. The minimum atomic E-state index is -5.03. The van der Waals surface area contributed by atoms with E-state index in [-0.39, 0.29) is 43.5 Å². The van der Waals surface area contributed by atoms with Crippen LogP contribution in [0.25, 0.3) is 0 Å². The first-order chi connectivity index (χ1) is 19.8. The maximum absolute atomic E-state index is 13.6. The largest absolute Gasteiger partial charge is 0.416 e. The van der Waals surface area contributed by atoms with Crippen molar-refractivity contribution in [3.05, 3.63) is 69.8 Å². The van der Waals surface area contributed by atoms with Crippen LogP contribution < -0.4 is 0 Å². The van der Waals surface area contributed by atoms with Crippen molar-refractivity contribution in [2.75, 3.05) is 66.2 Å². The maximum atomic E-state index is 13.6. The van der Waals surface area contributed by atoms with Gasteiger partial charge >= 0.3 is 12.4 Å². The fraction of sp³-hybridized carbons (Fsp3) is 0.567. The second-order valence-electron chi connectivity index (χ2n) is 11.1. The number of nitrogens with zero attached hydrogens (tertiary/aromatic N) is 3. The number of benzene rings is 2. The third-order valence-electron chi connectivity index (χ3n) is 8.12.